The van der Waals surface area contributed by atoms with E-state index in [1.807, 2.05) is 0 Å². The van der Waals surface area contributed by atoms with Crippen LogP contribution in [0.4, 0.5) is 0 Å². The molecule has 7 heteroatoms. The number of benzene rings is 1. The predicted octanol–water partition coefficient (Wildman–Crippen LogP) is 2.11. The quantitative estimate of drug-likeness (QED) is 0.792. The summed E-state index contributed by atoms with van der Waals surface area (Å²) in [5, 5.41) is 0. The van der Waals surface area contributed by atoms with Crippen LogP contribution < -0.4 is 10.5 Å². The molecule has 6 nitrogen and oxygen atoms in total. The molecule has 0 bridgehead atoms. The smallest absolute Gasteiger partial charge is 0.248 e. The van der Waals surface area contributed by atoms with Gasteiger partial charge in [0.15, 0.2) is 0 Å². The number of hydrogen-bond acceptors (Lipinski definition) is 4. The molecule has 0 aromatic heterocycles. The minimum Gasteiger partial charge on any atom is -0.366 e. The van der Waals surface area contributed by atoms with Gasteiger partial charge in [-0.1, -0.05) is 19.3 Å². The zero-order chi connectivity index (χ0) is 18.6. The maximum atomic E-state index is 12.5. The number of primary amides is 1. The minimum atomic E-state index is -3.57. The van der Waals surface area contributed by atoms with E-state index < -0.39 is 15.9 Å². The molecule has 1 amide bonds. The van der Waals surface area contributed by atoms with Gasteiger partial charge in [-0.3, -0.25) is 4.79 Å². The van der Waals surface area contributed by atoms with Crippen LogP contribution >= 0.6 is 0 Å². The van der Waals surface area contributed by atoms with E-state index in [0.717, 1.165) is 38.4 Å². The van der Waals surface area contributed by atoms with Crippen molar-refractivity contribution >= 4 is 15.9 Å². The van der Waals surface area contributed by atoms with Crippen molar-refractivity contribution < 1.29 is 13.2 Å². The number of likely N-dealkylation sites (tertiary alicyclic amines) is 1. The van der Waals surface area contributed by atoms with E-state index in [1.54, 1.807) is 0 Å². The third kappa shape index (κ3) is 5.05. The molecule has 1 saturated heterocycles. The number of nitrogens with zero attached hydrogens (tertiary/aromatic N) is 1. The number of nitrogens with one attached hydrogen (secondary N) is 1. The summed E-state index contributed by atoms with van der Waals surface area (Å²) >= 11 is 0. The first kappa shape index (κ1) is 19.3. The molecule has 1 aliphatic carbocycles. The lowest BCUT2D eigenvalue weighted by Gasteiger charge is -2.35. The van der Waals surface area contributed by atoms with E-state index in [1.165, 1.54) is 56.4 Å². The lowest BCUT2D eigenvalue weighted by atomic mass is 9.88. The average Bonchev–Trinajstić information content (AvgIpc) is 2.64. The Morgan fingerprint density at radius 3 is 2.23 bits per heavy atom. The van der Waals surface area contributed by atoms with E-state index in [9.17, 15) is 13.2 Å². The highest BCUT2D eigenvalue weighted by atomic mass is 32.2. The van der Waals surface area contributed by atoms with E-state index in [0.29, 0.717) is 5.56 Å². The molecule has 1 heterocycles. The SMILES string of the molecule is NC(=O)c1ccc(S(=O)(=O)NC2CCN(CC3CCCCC3)CC2)cc1. The number of carbonyl (C=O) groups excluding carboxylic acids is 1. The second-order valence-electron chi connectivity index (χ2n) is 7.59. The Balaban J connectivity index is 1.50. The Hall–Kier alpha value is -1.44. The Kier molecular flexibility index (Phi) is 6.32. The van der Waals surface area contributed by atoms with Gasteiger partial charge in [0.2, 0.25) is 15.9 Å². The molecule has 144 valence electrons. The van der Waals surface area contributed by atoms with Crippen LogP contribution in [0.3, 0.4) is 0 Å². The van der Waals surface area contributed by atoms with Crippen molar-refractivity contribution in [2.45, 2.75) is 55.9 Å². The fourth-order valence-electron chi connectivity index (χ4n) is 4.05. The van der Waals surface area contributed by atoms with Crippen LogP contribution in [0.25, 0.3) is 0 Å². The molecule has 0 atom stereocenters. The van der Waals surface area contributed by atoms with Gasteiger partial charge in [0.25, 0.3) is 0 Å². The molecular weight excluding hydrogens is 350 g/mol. The van der Waals surface area contributed by atoms with Crippen LogP contribution in [-0.2, 0) is 10.0 Å². The van der Waals surface area contributed by atoms with Crippen molar-refractivity contribution in [3.05, 3.63) is 29.8 Å². The first-order valence-corrected chi connectivity index (χ1v) is 11.1. The minimum absolute atomic E-state index is 0.0292. The molecule has 3 rings (SSSR count). The van der Waals surface area contributed by atoms with Crippen LogP contribution in [0.15, 0.2) is 29.2 Å². The van der Waals surface area contributed by atoms with Crippen molar-refractivity contribution in [2.24, 2.45) is 11.7 Å². The molecule has 1 aliphatic heterocycles. The maximum absolute atomic E-state index is 12.5. The van der Waals surface area contributed by atoms with Crippen LogP contribution in [-0.4, -0.2) is 44.9 Å². The Labute approximate surface area is 156 Å². The molecule has 1 aromatic carbocycles. The number of nitrogens with two attached hydrogens (primary N) is 1. The van der Waals surface area contributed by atoms with Gasteiger partial charge >= 0.3 is 0 Å². The molecule has 26 heavy (non-hydrogen) atoms. The zero-order valence-electron chi connectivity index (χ0n) is 15.2. The fraction of sp³-hybridized carbons (Fsp3) is 0.632. The molecule has 2 fully saturated rings. The summed E-state index contributed by atoms with van der Waals surface area (Å²) in [5.74, 6) is 0.257. The van der Waals surface area contributed by atoms with Crippen molar-refractivity contribution in [2.75, 3.05) is 19.6 Å². The maximum Gasteiger partial charge on any atom is 0.248 e. The van der Waals surface area contributed by atoms with Crippen molar-refractivity contribution in [1.29, 1.82) is 0 Å². The van der Waals surface area contributed by atoms with Gasteiger partial charge in [-0.2, -0.15) is 0 Å². The van der Waals surface area contributed by atoms with Crippen molar-refractivity contribution in [3.8, 4) is 0 Å². The molecule has 0 unspecified atom stereocenters. The largest absolute Gasteiger partial charge is 0.366 e. The summed E-state index contributed by atoms with van der Waals surface area (Å²) in [6.07, 6.45) is 8.45. The number of piperidine rings is 1. The molecule has 3 N–H and O–H groups in total. The summed E-state index contributed by atoms with van der Waals surface area (Å²) in [6, 6.07) is 5.73. The predicted molar refractivity (Wildman–Crippen MR) is 101 cm³/mol. The van der Waals surface area contributed by atoms with Crippen LogP contribution in [0.2, 0.25) is 0 Å². The monoisotopic (exact) mass is 379 g/mol. The highest BCUT2D eigenvalue weighted by Gasteiger charge is 2.26. The Morgan fingerprint density at radius 2 is 1.65 bits per heavy atom. The van der Waals surface area contributed by atoms with E-state index >= 15 is 0 Å². The van der Waals surface area contributed by atoms with Crippen LogP contribution in [0, 0.1) is 5.92 Å². The number of amides is 1. The summed E-state index contributed by atoms with van der Waals surface area (Å²) in [7, 11) is -3.57. The normalized spacial score (nSPS) is 20.9. The highest BCUT2D eigenvalue weighted by Crippen LogP contribution is 2.25. The molecule has 0 radical (unpaired) electrons. The molecule has 2 aliphatic rings. The van der Waals surface area contributed by atoms with Gasteiger partial charge in [-0.25, -0.2) is 13.1 Å². The average molecular weight is 380 g/mol. The van der Waals surface area contributed by atoms with Gasteiger partial charge < -0.3 is 10.6 Å². The number of rotatable bonds is 6. The van der Waals surface area contributed by atoms with Gasteiger partial charge in [0.05, 0.1) is 4.90 Å². The van der Waals surface area contributed by atoms with Gasteiger partial charge in [0, 0.05) is 18.2 Å². The van der Waals surface area contributed by atoms with E-state index in [4.69, 9.17) is 5.73 Å². The summed E-state index contributed by atoms with van der Waals surface area (Å²) in [4.78, 5) is 13.8. The Bertz CT molecular complexity index is 704. The number of sulfonamides is 1. The molecular formula is C19H29N3O3S. The topological polar surface area (TPSA) is 92.5 Å². The fourth-order valence-corrected chi connectivity index (χ4v) is 5.36. The van der Waals surface area contributed by atoms with Crippen LogP contribution in [0.5, 0.6) is 0 Å². The first-order valence-electron chi connectivity index (χ1n) is 9.58. The van der Waals surface area contributed by atoms with Gasteiger partial charge in [-0.05, 0) is 69.0 Å². The van der Waals surface area contributed by atoms with Crippen molar-refractivity contribution in [3.63, 3.8) is 0 Å². The highest BCUT2D eigenvalue weighted by molar-refractivity contribution is 7.89. The van der Waals surface area contributed by atoms with E-state index in [-0.39, 0.29) is 10.9 Å². The standard InChI is InChI=1S/C19H29N3O3S/c20-19(23)16-6-8-18(9-7-16)26(24,25)21-17-10-12-22(13-11-17)14-15-4-2-1-3-5-15/h6-9,15,17,21H,1-5,10-14H2,(H2,20,23). The zero-order valence-corrected chi connectivity index (χ0v) is 16.0. The first-order chi connectivity index (χ1) is 12.4. The number of hydrogen-bond donors (Lipinski definition) is 2. The molecule has 0 spiro atoms. The summed E-state index contributed by atoms with van der Waals surface area (Å²) in [6.45, 7) is 3.06. The second kappa shape index (κ2) is 8.50. The third-order valence-electron chi connectivity index (χ3n) is 5.60. The lowest BCUT2D eigenvalue weighted by molar-refractivity contribution is 0.1000. The molecule has 1 saturated carbocycles. The van der Waals surface area contributed by atoms with Gasteiger partial charge in [-0.15, -0.1) is 0 Å². The molecule has 1 aromatic rings. The Morgan fingerprint density at radius 1 is 1.04 bits per heavy atom. The third-order valence-corrected chi connectivity index (χ3v) is 7.14. The van der Waals surface area contributed by atoms with Crippen LogP contribution in [0.1, 0.15) is 55.3 Å². The summed E-state index contributed by atoms with van der Waals surface area (Å²) < 4.78 is 27.9. The second-order valence-corrected chi connectivity index (χ2v) is 9.30. The van der Waals surface area contributed by atoms with E-state index in [2.05, 4.69) is 9.62 Å². The lowest BCUT2D eigenvalue weighted by Crippen LogP contribution is -2.45. The van der Waals surface area contributed by atoms with Gasteiger partial charge in [0.1, 0.15) is 0 Å². The van der Waals surface area contributed by atoms with Crippen molar-refractivity contribution in [1.82, 2.24) is 9.62 Å². The number of carbonyl (C=O) groups is 1. The summed E-state index contributed by atoms with van der Waals surface area (Å²) in [5.41, 5.74) is 5.50.